The van der Waals surface area contributed by atoms with Crippen molar-refractivity contribution in [1.82, 2.24) is 5.32 Å². The van der Waals surface area contributed by atoms with Gasteiger partial charge in [0, 0.05) is 0 Å². The Bertz CT molecular complexity index is 316. The molecule has 0 aliphatic heterocycles. The molecule has 4 heteroatoms. The second-order valence-electron chi connectivity index (χ2n) is 3.90. The van der Waals surface area contributed by atoms with Crippen LogP contribution < -0.4 is 5.32 Å². The van der Waals surface area contributed by atoms with Crippen LogP contribution in [0.2, 0.25) is 0 Å². The predicted molar refractivity (Wildman–Crippen MR) is 58.5 cm³/mol. The average Bonchev–Trinajstić information content (AvgIpc) is 2.19. The van der Waals surface area contributed by atoms with E-state index in [2.05, 4.69) is 5.32 Å². The molecule has 0 heterocycles. The van der Waals surface area contributed by atoms with Crippen molar-refractivity contribution < 1.29 is 13.2 Å². The highest BCUT2D eigenvalue weighted by Crippen LogP contribution is 2.37. The normalized spacial score (nSPS) is 13.8. The molecule has 1 unspecified atom stereocenters. The van der Waals surface area contributed by atoms with E-state index in [1.54, 1.807) is 31.3 Å². The Balaban J connectivity index is 2.88. The summed E-state index contributed by atoms with van der Waals surface area (Å²) in [5.74, 6) is -1.37. The first kappa shape index (κ1) is 13.0. The zero-order valence-corrected chi connectivity index (χ0v) is 9.43. The average molecular weight is 231 g/mol. The quantitative estimate of drug-likeness (QED) is 0.838. The highest BCUT2D eigenvalue weighted by Gasteiger charge is 2.39. The second kappa shape index (κ2) is 5.34. The van der Waals surface area contributed by atoms with Gasteiger partial charge < -0.3 is 5.32 Å². The molecular weight excluding hydrogens is 215 g/mol. The topological polar surface area (TPSA) is 12.0 Å². The molecule has 1 aromatic carbocycles. The lowest BCUT2D eigenvalue weighted by Crippen LogP contribution is -2.24. The van der Waals surface area contributed by atoms with Gasteiger partial charge in [-0.2, -0.15) is 13.2 Å². The van der Waals surface area contributed by atoms with Crippen LogP contribution in [0.3, 0.4) is 0 Å². The fourth-order valence-electron chi connectivity index (χ4n) is 1.61. The lowest BCUT2D eigenvalue weighted by molar-refractivity contribution is -0.151. The molecule has 0 aliphatic carbocycles. The second-order valence-corrected chi connectivity index (χ2v) is 3.90. The smallest absolute Gasteiger partial charge is 0.320 e. The minimum atomic E-state index is -4.17. The molecule has 0 spiro atoms. The largest absolute Gasteiger partial charge is 0.395 e. The van der Waals surface area contributed by atoms with E-state index in [1.807, 2.05) is 6.92 Å². The molecule has 0 saturated carbocycles. The molecule has 0 fully saturated rings. The molecule has 0 amide bonds. The van der Waals surface area contributed by atoms with E-state index in [1.165, 1.54) is 0 Å². The van der Waals surface area contributed by atoms with Gasteiger partial charge >= 0.3 is 6.18 Å². The maximum Gasteiger partial charge on any atom is 0.395 e. The van der Waals surface area contributed by atoms with Gasteiger partial charge in [0.1, 0.15) is 0 Å². The molecule has 0 radical (unpaired) electrons. The van der Waals surface area contributed by atoms with Crippen molar-refractivity contribution in [2.24, 2.45) is 0 Å². The van der Waals surface area contributed by atoms with Gasteiger partial charge in [-0.05, 0) is 32.5 Å². The van der Waals surface area contributed by atoms with E-state index in [0.717, 1.165) is 5.56 Å². The van der Waals surface area contributed by atoms with Crippen LogP contribution in [0.1, 0.15) is 23.5 Å². The lowest BCUT2D eigenvalue weighted by atomic mass is 9.94. The Hall–Kier alpha value is -1.03. The fraction of sp³-hybridized carbons (Fsp3) is 0.500. The maximum absolute atomic E-state index is 12.8. The van der Waals surface area contributed by atoms with Crippen molar-refractivity contribution in [3.63, 3.8) is 0 Å². The Kier molecular flexibility index (Phi) is 4.35. The van der Waals surface area contributed by atoms with Gasteiger partial charge in [-0.25, -0.2) is 0 Å². The molecule has 16 heavy (non-hydrogen) atoms. The zero-order valence-electron chi connectivity index (χ0n) is 9.43. The number of rotatable bonds is 4. The first-order chi connectivity index (χ1) is 7.45. The van der Waals surface area contributed by atoms with Crippen LogP contribution in [0.25, 0.3) is 0 Å². The third-order valence-corrected chi connectivity index (χ3v) is 2.56. The summed E-state index contributed by atoms with van der Waals surface area (Å²) >= 11 is 0. The van der Waals surface area contributed by atoms with E-state index >= 15 is 0 Å². The molecule has 0 aromatic heterocycles. The maximum atomic E-state index is 12.8. The minimum Gasteiger partial charge on any atom is -0.320 e. The lowest BCUT2D eigenvalue weighted by Gasteiger charge is -2.20. The van der Waals surface area contributed by atoms with Gasteiger partial charge in [0.2, 0.25) is 0 Å². The van der Waals surface area contributed by atoms with Crippen LogP contribution in [0.5, 0.6) is 0 Å². The number of hydrogen-bond donors (Lipinski definition) is 1. The Morgan fingerprint density at radius 2 is 1.75 bits per heavy atom. The number of nitrogens with one attached hydrogen (secondary N) is 1. The molecule has 1 aromatic rings. The predicted octanol–water partition coefficient (Wildman–Crippen LogP) is 3.25. The minimum absolute atomic E-state index is 0.0725. The molecule has 1 atom stereocenters. The van der Waals surface area contributed by atoms with Crippen molar-refractivity contribution in [3.8, 4) is 0 Å². The Morgan fingerprint density at radius 3 is 2.19 bits per heavy atom. The first-order valence-corrected chi connectivity index (χ1v) is 5.23. The summed E-state index contributed by atoms with van der Waals surface area (Å²) in [6.45, 7) is 2.22. The molecule has 90 valence electrons. The van der Waals surface area contributed by atoms with Crippen LogP contribution in [0.4, 0.5) is 13.2 Å². The molecule has 1 nitrogen and oxygen atoms in total. The van der Waals surface area contributed by atoms with Gasteiger partial charge in [-0.3, -0.25) is 0 Å². The Morgan fingerprint density at radius 1 is 1.19 bits per heavy atom. The van der Waals surface area contributed by atoms with Crippen LogP contribution >= 0.6 is 0 Å². The SMILES string of the molecule is CNCCC(c1ccc(C)cc1)C(F)(F)F. The van der Waals surface area contributed by atoms with Crippen molar-refractivity contribution in [2.45, 2.75) is 25.4 Å². The van der Waals surface area contributed by atoms with Gasteiger partial charge in [-0.15, -0.1) is 0 Å². The molecule has 1 rings (SSSR count). The highest BCUT2D eigenvalue weighted by atomic mass is 19.4. The summed E-state index contributed by atoms with van der Waals surface area (Å²) < 4.78 is 38.4. The van der Waals surface area contributed by atoms with E-state index < -0.39 is 12.1 Å². The fourth-order valence-corrected chi connectivity index (χ4v) is 1.61. The number of benzene rings is 1. The monoisotopic (exact) mass is 231 g/mol. The summed E-state index contributed by atoms with van der Waals surface area (Å²) in [7, 11) is 1.66. The first-order valence-electron chi connectivity index (χ1n) is 5.23. The number of aryl methyl sites for hydroxylation is 1. The number of alkyl halides is 3. The van der Waals surface area contributed by atoms with Crippen LogP contribution in [0.15, 0.2) is 24.3 Å². The summed E-state index contributed by atoms with van der Waals surface area (Å²) in [5.41, 5.74) is 1.31. The highest BCUT2D eigenvalue weighted by molar-refractivity contribution is 5.25. The third kappa shape index (κ3) is 3.52. The van der Waals surface area contributed by atoms with E-state index in [4.69, 9.17) is 0 Å². The van der Waals surface area contributed by atoms with Gasteiger partial charge in [0.25, 0.3) is 0 Å². The molecule has 1 N–H and O–H groups in total. The van der Waals surface area contributed by atoms with E-state index in [0.29, 0.717) is 12.1 Å². The number of hydrogen-bond acceptors (Lipinski definition) is 1. The molecule has 0 saturated heterocycles. The summed E-state index contributed by atoms with van der Waals surface area (Å²) in [6.07, 6.45) is -4.10. The molecule has 0 aliphatic rings. The Labute approximate surface area is 93.7 Å². The standard InChI is InChI=1S/C12H16F3N/c1-9-3-5-10(6-4-9)11(7-8-16-2)12(13,14)15/h3-6,11,16H,7-8H2,1-2H3. The molecular formula is C12H16F3N. The summed E-state index contributed by atoms with van der Waals surface area (Å²) in [5, 5.41) is 2.75. The van der Waals surface area contributed by atoms with Gasteiger partial charge in [0.05, 0.1) is 5.92 Å². The van der Waals surface area contributed by atoms with Crippen molar-refractivity contribution in [2.75, 3.05) is 13.6 Å². The van der Waals surface area contributed by atoms with Crippen LogP contribution in [-0.4, -0.2) is 19.8 Å². The van der Waals surface area contributed by atoms with Crippen molar-refractivity contribution in [3.05, 3.63) is 35.4 Å². The van der Waals surface area contributed by atoms with E-state index in [-0.39, 0.29) is 6.42 Å². The van der Waals surface area contributed by atoms with Crippen molar-refractivity contribution >= 4 is 0 Å². The summed E-state index contributed by atoms with van der Waals surface area (Å²) in [4.78, 5) is 0. The van der Waals surface area contributed by atoms with Crippen molar-refractivity contribution in [1.29, 1.82) is 0 Å². The molecule has 0 bridgehead atoms. The summed E-state index contributed by atoms with van der Waals surface area (Å²) in [6, 6.07) is 6.55. The van der Waals surface area contributed by atoms with Crippen LogP contribution in [0, 0.1) is 6.92 Å². The van der Waals surface area contributed by atoms with Gasteiger partial charge in [0.15, 0.2) is 0 Å². The van der Waals surface area contributed by atoms with Gasteiger partial charge in [-0.1, -0.05) is 29.8 Å². The van der Waals surface area contributed by atoms with E-state index in [9.17, 15) is 13.2 Å². The van der Waals surface area contributed by atoms with Crippen LogP contribution in [-0.2, 0) is 0 Å². The third-order valence-electron chi connectivity index (χ3n) is 2.56. The zero-order chi connectivity index (χ0) is 12.2. The number of halogens is 3.